The molecule has 0 aromatic heterocycles. The highest BCUT2D eigenvalue weighted by molar-refractivity contribution is 7.90. The average Bonchev–Trinajstić information content (AvgIpc) is 2.68. The molecule has 164 valence electrons. The highest BCUT2D eigenvalue weighted by Gasteiger charge is 2.11. The topological polar surface area (TPSA) is 83.0 Å². The van der Waals surface area contributed by atoms with Gasteiger partial charge in [-0.15, -0.1) is 0 Å². The summed E-state index contributed by atoms with van der Waals surface area (Å²) < 4.78 is 29.4. The van der Waals surface area contributed by atoms with E-state index in [1.807, 2.05) is 50.5 Å². The van der Waals surface area contributed by atoms with Gasteiger partial charge in [0.2, 0.25) is 0 Å². The van der Waals surface area contributed by atoms with Gasteiger partial charge in [-0.25, -0.2) is 8.42 Å². The summed E-state index contributed by atoms with van der Waals surface area (Å²) in [6.45, 7) is 4.39. The maximum atomic E-state index is 11.8. The number of hydrogen-bond donors (Lipinski definition) is 2. The lowest BCUT2D eigenvalue weighted by Crippen LogP contribution is -2.36. The van der Waals surface area contributed by atoms with Gasteiger partial charge in [0.25, 0.3) is 0 Å². The van der Waals surface area contributed by atoms with Crippen molar-refractivity contribution >= 4 is 15.8 Å². The van der Waals surface area contributed by atoms with Gasteiger partial charge in [-0.1, -0.05) is 30.3 Å². The van der Waals surface area contributed by atoms with Crippen LogP contribution in [0.2, 0.25) is 0 Å². The first-order chi connectivity index (χ1) is 14.2. The Morgan fingerprint density at radius 1 is 1.10 bits per heavy atom. The zero-order valence-corrected chi connectivity index (χ0v) is 19.2. The van der Waals surface area contributed by atoms with Gasteiger partial charge in [0.05, 0.1) is 4.90 Å². The Morgan fingerprint density at radius 2 is 1.80 bits per heavy atom. The van der Waals surface area contributed by atoms with Crippen LogP contribution < -0.4 is 15.4 Å². The molecule has 7 nitrogen and oxygen atoms in total. The van der Waals surface area contributed by atoms with Crippen LogP contribution >= 0.6 is 0 Å². The molecule has 0 amide bonds. The fraction of sp³-hybridized carbons (Fsp3) is 0.409. The van der Waals surface area contributed by atoms with Crippen molar-refractivity contribution in [2.45, 2.75) is 24.9 Å². The molecular weight excluding hydrogens is 400 g/mol. The molecule has 2 rings (SSSR count). The molecular formula is C22H32N4O3S. The van der Waals surface area contributed by atoms with Crippen molar-refractivity contribution in [2.24, 2.45) is 4.99 Å². The SMILES string of the molecule is CN=C(NCc1ccc(S(C)(=O)=O)c(C)c1)NCc1ccccc1OCCN(C)C. The standard InChI is InChI=1S/C22H32N4O3S/c1-17-14-18(10-11-21(17)30(5,27)28)15-24-22(23-2)25-16-19-8-6-7-9-20(19)29-13-12-26(3)4/h6-11,14H,12-13,15-16H2,1-5H3,(H2,23,24,25). The Balaban J connectivity index is 1.94. The molecule has 0 aliphatic rings. The van der Waals surface area contributed by atoms with Crippen LogP contribution in [0, 0.1) is 6.92 Å². The maximum absolute atomic E-state index is 11.8. The third-order valence-corrected chi connectivity index (χ3v) is 5.79. The van der Waals surface area contributed by atoms with Crippen LogP contribution in [0.15, 0.2) is 52.4 Å². The van der Waals surface area contributed by atoms with Gasteiger partial charge < -0.3 is 20.3 Å². The lowest BCUT2D eigenvalue weighted by molar-refractivity contribution is 0.259. The van der Waals surface area contributed by atoms with Crippen LogP contribution in [0.1, 0.15) is 16.7 Å². The lowest BCUT2D eigenvalue weighted by Gasteiger charge is -2.16. The first kappa shape index (κ1) is 23.7. The number of guanidine groups is 1. The minimum absolute atomic E-state index is 0.361. The molecule has 30 heavy (non-hydrogen) atoms. The zero-order valence-electron chi connectivity index (χ0n) is 18.4. The van der Waals surface area contributed by atoms with E-state index < -0.39 is 9.84 Å². The molecule has 0 heterocycles. The summed E-state index contributed by atoms with van der Waals surface area (Å²) in [7, 11) is 2.54. The van der Waals surface area contributed by atoms with Crippen LogP contribution in [-0.2, 0) is 22.9 Å². The van der Waals surface area contributed by atoms with E-state index in [0.29, 0.717) is 30.6 Å². The maximum Gasteiger partial charge on any atom is 0.191 e. The highest BCUT2D eigenvalue weighted by atomic mass is 32.2. The molecule has 0 saturated carbocycles. The fourth-order valence-electron chi connectivity index (χ4n) is 2.95. The third kappa shape index (κ3) is 7.35. The predicted octanol–water partition coefficient (Wildman–Crippen LogP) is 2.20. The quantitative estimate of drug-likeness (QED) is 0.467. The molecule has 8 heteroatoms. The molecule has 0 atom stereocenters. The smallest absolute Gasteiger partial charge is 0.191 e. The lowest BCUT2D eigenvalue weighted by atomic mass is 10.1. The molecule has 0 bridgehead atoms. The summed E-state index contributed by atoms with van der Waals surface area (Å²) in [6.07, 6.45) is 1.22. The molecule has 0 spiro atoms. The van der Waals surface area contributed by atoms with Gasteiger partial charge in [-0.3, -0.25) is 4.99 Å². The Labute approximate surface area is 180 Å². The van der Waals surface area contributed by atoms with Crippen LogP contribution in [-0.4, -0.2) is 59.8 Å². The van der Waals surface area contributed by atoms with Crippen molar-refractivity contribution in [1.29, 1.82) is 0 Å². The van der Waals surface area contributed by atoms with Crippen molar-refractivity contribution in [3.63, 3.8) is 0 Å². The number of rotatable bonds is 9. The summed E-state index contributed by atoms with van der Waals surface area (Å²) in [5.41, 5.74) is 2.77. The first-order valence-electron chi connectivity index (χ1n) is 9.80. The molecule has 0 unspecified atom stereocenters. The zero-order chi connectivity index (χ0) is 22.1. The number of hydrogen-bond acceptors (Lipinski definition) is 5. The second-order valence-corrected chi connectivity index (χ2v) is 9.39. The van der Waals surface area contributed by atoms with Crippen molar-refractivity contribution < 1.29 is 13.2 Å². The summed E-state index contributed by atoms with van der Waals surface area (Å²) in [4.78, 5) is 6.70. The van der Waals surface area contributed by atoms with E-state index in [2.05, 4.69) is 20.5 Å². The number of sulfone groups is 1. The van der Waals surface area contributed by atoms with Gasteiger partial charge in [0, 0.05) is 38.5 Å². The van der Waals surface area contributed by atoms with Crippen molar-refractivity contribution in [3.8, 4) is 5.75 Å². The molecule has 2 aromatic carbocycles. The van der Waals surface area contributed by atoms with Crippen LogP contribution in [0.5, 0.6) is 5.75 Å². The Morgan fingerprint density at radius 3 is 2.43 bits per heavy atom. The average molecular weight is 433 g/mol. The van der Waals surface area contributed by atoms with Gasteiger partial charge >= 0.3 is 0 Å². The fourth-order valence-corrected chi connectivity index (χ4v) is 3.91. The highest BCUT2D eigenvalue weighted by Crippen LogP contribution is 2.18. The van der Waals surface area contributed by atoms with E-state index in [-0.39, 0.29) is 0 Å². The van der Waals surface area contributed by atoms with Gasteiger partial charge in [0.1, 0.15) is 12.4 Å². The Hall–Kier alpha value is -2.58. The third-order valence-electron chi connectivity index (χ3n) is 4.54. The molecule has 2 aromatic rings. The number of nitrogens with one attached hydrogen (secondary N) is 2. The van der Waals surface area contributed by atoms with E-state index in [9.17, 15) is 8.42 Å². The van der Waals surface area contributed by atoms with Gasteiger partial charge in [-0.05, 0) is 44.3 Å². The predicted molar refractivity (Wildman–Crippen MR) is 122 cm³/mol. The Bertz CT molecular complexity index is 972. The van der Waals surface area contributed by atoms with E-state index >= 15 is 0 Å². The number of ether oxygens (including phenoxy) is 1. The molecule has 0 aliphatic heterocycles. The number of benzene rings is 2. The first-order valence-corrected chi connectivity index (χ1v) is 11.7. The summed E-state index contributed by atoms with van der Waals surface area (Å²) in [5, 5.41) is 6.56. The molecule has 0 saturated heterocycles. The second-order valence-electron chi connectivity index (χ2n) is 7.41. The van der Waals surface area contributed by atoms with E-state index in [1.165, 1.54) is 6.26 Å². The monoisotopic (exact) mass is 432 g/mol. The number of aliphatic imine (C=N–C) groups is 1. The van der Waals surface area contributed by atoms with E-state index in [1.54, 1.807) is 20.0 Å². The minimum Gasteiger partial charge on any atom is -0.492 e. The van der Waals surface area contributed by atoms with Crippen LogP contribution in [0.3, 0.4) is 0 Å². The van der Waals surface area contributed by atoms with Crippen LogP contribution in [0.25, 0.3) is 0 Å². The molecule has 2 N–H and O–H groups in total. The van der Waals surface area contributed by atoms with Gasteiger partial charge in [0.15, 0.2) is 15.8 Å². The molecule has 0 fully saturated rings. The molecule has 0 radical (unpaired) electrons. The summed E-state index contributed by atoms with van der Waals surface area (Å²) in [6, 6.07) is 13.3. The number of para-hydroxylation sites is 1. The van der Waals surface area contributed by atoms with Crippen molar-refractivity contribution in [2.75, 3.05) is 40.6 Å². The minimum atomic E-state index is -3.21. The number of nitrogens with zero attached hydrogens (tertiary/aromatic N) is 2. The Kier molecular flexibility index (Phi) is 8.68. The summed E-state index contributed by atoms with van der Waals surface area (Å²) in [5.74, 6) is 1.51. The van der Waals surface area contributed by atoms with E-state index in [0.717, 1.165) is 29.0 Å². The van der Waals surface area contributed by atoms with Crippen molar-refractivity contribution in [1.82, 2.24) is 15.5 Å². The van der Waals surface area contributed by atoms with Crippen molar-refractivity contribution in [3.05, 3.63) is 59.2 Å². The second kappa shape index (κ2) is 11.0. The number of aryl methyl sites for hydroxylation is 1. The van der Waals surface area contributed by atoms with Gasteiger partial charge in [-0.2, -0.15) is 0 Å². The normalized spacial score (nSPS) is 12.1. The molecule has 0 aliphatic carbocycles. The number of likely N-dealkylation sites (N-methyl/N-ethyl adjacent to an activating group) is 1. The largest absolute Gasteiger partial charge is 0.492 e. The van der Waals surface area contributed by atoms with E-state index in [4.69, 9.17) is 4.74 Å². The van der Waals surface area contributed by atoms with Crippen LogP contribution in [0.4, 0.5) is 0 Å². The summed E-state index contributed by atoms with van der Waals surface area (Å²) >= 11 is 0.